The molecular formula is C16H11BrClN3O2. The Hall–Kier alpha value is -2.18. The van der Waals surface area contributed by atoms with Crippen LogP contribution in [0.25, 0.3) is 10.9 Å². The third kappa shape index (κ3) is 3.60. The normalized spacial score (nSPS) is 10.7. The Bertz CT molecular complexity index is 938. The molecule has 7 heteroatoms. The van der Waals surface area contributed by atoms with E-state index in [1.54, 1.807) is 36.4 Å². The third-order valence-electron chi connectivity index (χ3n) is 3.23. The molecule has 0 atom stereocenters. The number of fused-ring (bicyclic) bond motifs is 1. The number of benzene rings is 2. The van der Waals surface area contributed by atoms with Crippen LogP contribution >= 0.6 is 27.5 Å². The van der Waals surface area contributed by atoms with Gasteiger partial charge in [-0.05, 0) is 42.5 Å². The highest BCUT2D eigenvalue weighted by Crippen LogP contribution is 2.15. The first-order valence-electron chi connectivity index (χ1n) is 6.73. The highest BCUT2D eigenvalue weighted by molar-refractivity contribution is 9.10. The first-order valence-corrected chi connectivity index (χ1v) is 7.90. The van der Waals surface area contributed by atoms with Crippen molar-refractivity contribution in [3.8, 4) is 0 Å². The fourth-order valence-corrected chi connectivity index (χ4v) is 2.62. The molecule has 1 heterocycles. The maximum atomic E-state index is 12.4. The van der Waals surface area contributed by atoms with E-state index in [1.807, 2.05) is 6.07 Å². The highest BCUT2D eigenvalue weighted by atomic mass is 79.9. The predicted molar refractivity (Wildman–Crippen MR) is 93.8 cm³/mol. The first kappa shape index (κ1) is 15.7. The van der Waals surface area contributed by atoms with Crippen LogP contribution in [0.1, 0.15) is 0 Å². The fourth-order valence-electron chi connectivity index (χ4n) is 2.13. The van der Waals surface area contributed by atoms with E-state index in [-0.39, 0.29) is 18.0 Å². The van der Waals surface area contributed by atoms with Gasteiger partial charge in [0.05, 0.1) is 17.2 Å². The summed E-state index contributed by atoms with van der Waals surface area (Å²) in [5.41, 5.74) is 0.944. The third-order valence-corrected chi connectivity index (χ3v) is 3.97. The van der Waals surface area contributed by atoms with Crippen LogP contribution in [0.4, 0.5) is 5.69 Å². The predicted octanol–water partition coefficient (Wildman–Crippen LogP) is 3.45. The second-order valence-corrected chi connectivity index (χ2v) is 6.25. The summed E-state index contributed by atoms with van der Waals surface area (Å²) in [5.74, 6) is -0.314. The Morgan fingerprint density at radius 3 is 2.70 bits per heavy atom. The zero-order chi connectivity index (χ0) is 16.4. The molecule has 116 valence electrons. The van der Waals surface area contributed by atoms with Gasteiger partial charge in [0.2, 0.25) is 5.91 Å². The SMILES string of the molecule is O=C(Cn1cnc2ccc(Br)cc2c1=O)Nc1ccc(Cl)cc1. The van der Waals surface area contributed by atoms with Gasteiger partial charge in [-0.2, -0.15) is 0 Å². The van der Waals surface area contributed by atoms with Crippen molar-refractivity contribution >= 4 is 50.0 Å². The van der Waals surface area contributed by atoms with Gasteiger partial charge in [0.25, 0.3) is 5.56 Å². The molecule has 3 rings (SSSR count). The van der Waals surface area contributed by atoms with E-state index in [9.17, 15) is 9.59 Å². The lowest BCUT2D eigenvalue weighted by Crippen LogP contribution is -2.27. The Morgan fingerprint density at radius 2 is 1.96 bits per heavy atom. The van der Waals surface area contributed by atoms with E-state index in [1.165, 1.54) is 10.9 Å². The fraction of sp³-hybridized carbons (Fsp3) is 0.0625. The van der Waals surface area contributed by atoms with Gasteiger partial charge < -0.3 is 5.32 Å². The van der Waals surface area contributed by atoms with Gasteiger partial charge in [-0.3, -0.25) is 14.2 Å². The van der Waals surface area contributed by atoms with Crippen LogP contribution in [0.2, 0.25) is 5.02 Å². The molecule has 0 saturated carbocycles. The Labute approximate surface area is 145 Å². The summed E-state index contributed by atoms with van der Waals surface area (Å²) in [6.45, 7) is -0.114. The number of carbonyl (C=O) groups excluding carboxylic acids is 1. The highest BCUT2D eigenvalue weighted by Gasteiger charge is 2.09. The molecule has 23 heavy (non-hydrogen) atoms. The van der Waals surface area contributed by atoms with E-state index in [0.29, 0.717) is 21.6 Å². The van der Waals surface area contributed by atoms with Crippen molar-refractivity contribution < 1.29 is 4.79 Å². The molecule has 0 aliphatic carbocycles. The van der Waals surface area contributed by atoms with Gasteiger partial charge in [0.15, 0.2) is 0 Å². The average Bonchev–Trinajstić information content (AvgIpc) is 2.53. The maximum absolute atomic E-state index is 12.4. The smallest absolute Gasteiger partial charge is 0.261 e. The molecule has 0 aliphatic rings. The average molecular weight is 393 g/mol. The largest absolute Gasteiger partial charge is 0.325 e. The molecule has 2 aromatic carbocycles. The number of carbonyl (C=O) groups is 1. The van der Waals surface area contributed by atoms with Gasteiger partial charge in [0, 0.05) is 15.2 Å². The summed E-state index contributed by atoms with van der Waals surface area (Å²) in [6, 6.07) is 12.0. The molecule has 0 unspecified atom stereocenters. The number of anilines is 1. The van der Waals surface area contributed by atoms with Gasteiger partial charge >= 0.3 is 0 Å². The molecular weight excluding hydrogens is 382 g/mol. The molecule has 3 aromatic rings. The minimum Gasteiger partial charge on any atom is -0.325 e. The zero-order valence-electron chi connectivity index (χ0n) is 11.8. The molecule has 0 radical (unpaired) electrons. The summed E-state index contributed by atoms with van der Waals surface area (Å²) >= 11 is 9.12. The standard InChI is InChI=1S/C16H11BrClN3O2/c17-10-1-6-14-13(7-10)16(23)21(9-19-14)8-15(22)20-12-4-2-11(18)3-5-12/h1-7,9H,8H2,(H,20,22). The van der Waals surface area contributed by atoms with Crippen molar-refractivity contribution in [1.82, 2.24) is 9.55 Å². The maximum Gasteiger partial charge on any atom is 0.261 e. The topological polar surface area (TPSA) is 64.0 Å². The molecule has 5 nitrogen and oxygen atoms in total. The van der Waals surface area contributed by atoms with E-state index in [4.69, 9.17) is 11.6 Å². The molecule has 0 aliphatic heterocycles. The van der Waals surface area contributed by atoms with E-state index in [0.717, 1.165) is 4.47 Å². The Morgan fingerprint density at radius 1 is 1.22 bits per heavy atom. The number of nitrogens with one attached hydrogen (secondary N) is 1. The van der Waals surface area contributed by atoms with Gasteiger partial charge in [-0.15, -0.1) is 0 Å². The van der Waals surface area contributed by atoms with Crippen LogP contribution in [0, 0.1) is 0 Å². The lowest BCUT2D eigenvalue weighted by atomic mass is 10.2. The van der Waals surface area contributed by atoms with Crippen molar-refractivity contribution in [3.05, 3.63) is 68.6 Å². The second-order valence-electron chi connectivity index (χ2n) is 4.89. The van der Waals surface area contributed by atoms with Crippen LogP contribution in [0.5, 0.6) is 0 Å². The number of rotatable bonds is 3. The summed E-state index contributed by atoms with van der Waals surface area (Å²) < 4.78 is 2.06. The molecule has 1 N–H and O–H groups in total. The molecule has 0 fully saturated rings. The van der Waals surface area contributed by atoms with Crippen LogP contribution in [0.3, 0.4) is 0 Å². The van der Waals surface area contributed by atoms with E-state index >= 15 is 0 Å². The van der Waals surface area contributed by atoms with Crippen molar-refractivity contribution in [3.63, 3.8) is 0 Å². The number of amides is 1. The molecule has 0 saturated heterocycles. The van der Waals surface area contributed by atoms with Crippen LogP contribution in [0.15, 0.2) is 58.1 Å². The Balaban J connectivity index is 1.83. The van der Waals surface area contributed by atoms with Crippen molar-refractivity contribution in [2.24, 2.45) is 0 Å². The first-order chi connectivity index (χ1) is 11.0. The number of nitrogens with zero attached hydrogens (tertiary/aromatic N) is 2. The lowest BCUT2D eigenvalue weighted by molar-refractivity contribution is -0.116. The minimum absolute atomic E-state index is 0.114. The number of hydrogen-bond acceptors (Lipinski definition) is 3. The summed E-state index contributed by atoms with van der Waals surface area (Å²) in [5, 5.41) is 3.76. The summed E-state index contributed by atoms with van der Waals surface area (Å²) in [6.07, 6.45) is 1.38. The number of halogens is 2. The van der Waals surface area contributed by atoms with Crippen LogP contribution in [-0.4, -0.2) is 15.5 Å². The van der Waals surface area contributed by atoms with Gasteiger partial charge in [-0.1, -0.05) is 27.5 Å². The summed E-state index contributed by atoms with van der Waals surface area (Å²) in [7, 11) is 0. The van der Waals surface area contributed by atoms with Crippen molar-refractivity contribution in [2.75, 3.05) is 5.32 Å². The molecule has 1 aromatic heterocycles. The number of aromatic nitrogens is 2. The summed E-state index contributed by atoms with van der Waals surface area (Å²) in [4.78, 5) is 28.7. The second kappa shape index (κ2) is 6.52. The van der Waals surface area contributed by atoms with Crippen molar-refractivity contribution in [2.45, 2.75) is 6.54 Å². The molecule has 1 amide bonds. The Kier molecular flexibility index (Phi) is 4.45. The molecule has 0 spiro atoms. The zero-order valence-corrected chi connectivity index (χ0v) is 14.1. The van der Waals surface area contributed by atoms with Gasteiger partial charge in [-0.25, -0.2) is 4.98 Å². The van der Waals surface area contributed by atoms with E-state index in [2.05, 4.69) is 26.2 Å². The van der Waals surface area contributed by atoms with Crippen LogP contribution < -0.4 is 10.9 Å². The minimum atomic E-state index is -0.314. The van der Waals surface area contributed by atoms with Gasteiger partial charge in [0.1, 0.15) is 6.54 Å². The monoisotopic (exact) mass is 391 g/mol. The van der Waals surface area contributed by atoms with E-state index < -0.39 is 0 Å². The lowest BCUT2D eigenvalue weighted by Gasteiger charge is -2.08. The number of hydrogen-bond donors (Lipinski definition) is 1. The van der Waals surface area contributed by atoms with Crippen LogP contribution in [-0.2, 0) is 11.3 Å². The quantitative estimate of drug-likeness (QED) is 0.742. The van der Waals surface area contributed by atoms with Crippen molar-refractivity contribution in [1.29, 1.82) is 0 Å². The molecule has 0 bridgehead atoms.